The minimum absolute atomic E-state index is 0.0170. The third-order valence-corrected chi connectivity index (χ3v) is 8.55. The van der Waals surface area contributed by atoms with Gasteiger partial charge in [-0.1, -0.05) is 41.4 Å². The standard InChI is InChI=1S/C27H29Cl2N7O3S/c1-17-6-5-7-18(2)25(17)23-14-24(32-27(31-23)33-40(37,38)20-15-30-35(4)16-20)39-19-12-21(28)26(22(29)13-19)36-10-8-34(3)9-11-36/h5-7,12-16H,8-11H2,1-4H3,(H,31,32,33). The van der Waals surface area contributed by atoms with Gasteiger partial charge in [-0.2, -0.15) is 10.1 Å². The summed E-state index contributed by atoms with van der Waals surface area (Å²) in [6.07, 6.45) is 2.64. The molecule has 0 spiro atoms. The molecule has 13 heteroatoms. The number of likely N-dealkylation sites (N-methyl/N-ethyl adjacent to an activating group) is 1. The average Bonchev–Trinajstić information content (AvgIpc) is 3.32. The summed E-state index contributed by atoms with van der Waals surface area (Å²) < 4.78 is 36.0. The minimum atomic E-state index is -4.00. The number of aromatic nitrogens is 4. The monoisotopic (exact) mass is 601 g/mol. The fourth-order valence-electron chi connectivity index (χ4n) is 4.64. The van der Waals surface area contributed by atoms with Crippen LogP contribution in [0, 0.1) is 13.8 Å². The van der Waals surface area contributed by atoms with Crippen LogP contribution in [0.1, 0.15) is 11.1 Å². The van der Waals surface area contributed by atoms with E-state index >= 15 is 0 Å². The van der Waals surface area contributed by atoms with Gasteiger partial charge in [-0.25, -0.2) is 18.1 Å². The number of piperazine rings is 1. The maximum Gasteiger partial charge on any atom is 0.267 e. The van der Waals surface area contributed by atoms with Crippen LogP contribution in [0.15, 0.2) is 53.7 Å². The Morgan fingerprint density at radius 3 is 2.20 bits per heavy atom. The van der Waals surface area contributed by atoms with Gasteiger partial charge in [0.15, 0.2) is 0 Å². The average molecular weight is 603 g/mol. The molecule has 0 saturated carbocycles. The van der Waals surface area contributed by atoms with Crippen molar-refractivity contribution in [1.82, 2.24) is 24.6 Å². The first-order valence-electron chi connectivity index (χ1n) is 12.6. The number of nitrogens with one attached hydrogen (secondary N) is 1. The van der Waals surface area contributed by atoms with Gasteiger partial charge in [0, 0.05) is 63.2 Å². The highest BCUT2D eigenvalue weighted by Crippen LogP contribution is 2.39. The molecule has 0 bridgehead atoms. The van der Waals surface area contributed by atoms with Crippen molar-refractivity contribution in [2.45, 2.75) is 18.7 Å². The summed E-state index contributed by atoms with van der Waals surface area (Å²) in [4.78, 5) is 13.3. The number of halogens is 2. The second-order valence-corrected chi connectivity index (χ2v) is 12.3. The number of hydrogen-bond donors (Lipinski definition) is 1. The first-order chi connectivity index (χ1) is 19.0. The Bertz CT molecular complexity index is 1630. The summed E-state index contributed by atoms with van der Waals surface area (Å²) in [5.74, 6) is 0.335. The van der Waals surface area contributed by atoms with Gasteiger partial charge in [-0.15, -0.1) is 0 Å². The molecule has 2 aromatic heterocycles. The van der Waals surface area contributed by atoms with Crippen molar-refractivity contribution in [2.75, 3.05) is 42.8 Å². The summed E-state index contributed by atoms with van der Waals surface area (Å²) in [5.41, 5.74) is 4.03. The first kappa shape index (κ1) is 28.2. The molecular weight excluding hydrogens is 573 g/mol. The normalized spacial score (nSPS) is 14.4. The van der Waals surface area contributed by atoms with Crippen molar-refractivity contribution in [3.05, 3.63) is 70.0 Å². The van der Waals surface area contributed by atoms with Crippen LogP contribution in [0.4, 0.5) is 11.6 Å². The van der Waals surface area contributed by atoms with Gasteiger partial charge < -0.3 is 14.5 Å². The zero-order chi connectivity index (χ0) is 28.6. The topological polar surface area (TPSA) is 105 Å². The minimum Gasteiger partial charge on any atom is -0.439 e. The molecule has 1 aliphatic rings. The molecule has 1 saturated heterocycles. The van der Waals surface area contributed by atoms with Crippen molar-refractivity contribution in [2.24, 2.45) is 7.05 Å². The lowest BCUT2D eigenvalue weighted by Crippen LogP contribution is -2.44. The second kappa shape index (κ2) is 11.2. The highest BCUT2D eigenvalue weighted by Gasteiger charge is 2.22. The van der Waals surface area contributed by atoms with Crippen LogP contribution >= 0.6 is 23.2 Å². The summed E-state index contributed by atoms with van der Waals surface area (Å²) in [5, 5.41) is 4.85. The van der Waals surface area contributed by atoms with E-state index in [1.807, 2.05) is 32.0 Å². The third-order valence-electron chi connectivity index (χ3n) is 6.69. The van der Waals surface area contributed by atoms with E-state index in [1.165, 1.54) is 17.1 Å². The van der Waals surface area contributed by atoms with Crippen molar-refractivity contribution >= 4 is 44.9 Å². The molecule has 2 aromatic carbocycles. The molecule has 1 fully saturated rings. The number of anilines is 2. The van der Waals surface area contributed by atoms with Crippen LogP contribution < -0.4 is 14.4 Å². The number of rotatable bonds is 7. The van der Waals surface area contributed by atoms with Crippen LogP contribution in [-0.2, 0) is 17.1 Å². The molecule has 0 radical (unpaired) electrons. The smallest absolute Gasteiger partial charge is 0.267 e. The lowest BCUT2D eigenvalue weighted by molar-refractivity contribution is 0.313. The maximum absolute atomic E-state index is 13.0. The van der Waals surface area contributed by atoms with Gasteiger partial charge >= 0.3 is 0 Å². The number of ether oxygens (including phenoxy) is 1. The SMILES string of the molecule is Cc1cccc(C)c1-c1cc(Oc2cc(Cl)c(N3CCN(C)CC3)c(Cl)c2)nc(NS(=O)(=O)c2cnn(C)c2)n1. The van der Waals surface area contributed by atoms with Gasteiger partial charge in [-0.3, -0.25) is 4.68 Å². The fraction of sp³-hybridized carbons (Fsp3) is 0.296. The van der Waals surface area contributed by atoms with E-state index < -0.39 is 10.0 Å². The molecule has 210 valence electrons. The summed E-state index contributed by atoms with van der Waals surface area (Å²) >= 11 is 13.4. The second-order valence-electron chi connectivity index (χ2n) is 9.76. The molecule has 0 atom stereocenters. The molecule has 0 amide bonds. The Morgan fingerprint density at radius 1 is 0.950 bits per heavy atom. The molecule has 0 unspecified atom stereocenters. The molecule has 5 rings (SSSR count). The lowest BCUT2D eigenvalue weighted by atomic mass is 10.00. The van der Waals surface area contributed by atoms with Crippen LogP contribution in [-0.4, -0.2) is 66.3 Å². The molecule has 0 aliphatic carbocycles. The fourth-order valence-corrected chi connectivity index (χ4v) is 6.27. The van der Waals surface area contributed by atoms with E-state index in [1.54, 1.807) is 25.2 Å². The Kier molecular flexibility index (Phi) is 7.92. The summed E-state index contributed by atoms with van der Waals surface area (Å²) in [6.45, 7) is 7.35. The van der Waals surface area contributed by atoms with Gasteiger partial charge in [0.25, 0.3) is 10.0 Å². The Balaban J connectivity index is 1.52. The van der Waals surface area contributed by atoms with Crippen LogP contribution in [0.3, 0.4) is 0 Å². The highest BCUT2D eigenvalue weighted by molar-refractivity contribution is 7.92. The van der Waals surface area contributed by atoms with E-state index in [4.69, 9.17) is 27.9 Å². The van der Waals surface area contributed by atoms with E-state index in [9.17, 15) is 8.42 Å². The molecule has 3 heterocycles. The number of aryl methyl sites for hydroxylation is 3. The van der Waals surface area contributed by atoms with Crippen molar-refractivity contribution in [3.8, 4) is 22.9 Å². The van der Waals surface area contributed by atoms with Gasteiger partial charge in [0.2, 0.25) is 11.8 Å². The number of benzene rings is 2. The molecule has 4 aromatic rings. The van der Waals surface area contributed by atoms with Crippen molar-refractivity contribution in [1.29, 1.82) is 0 Å². The van der Waals surface area contributed by atoms with Gasteiger partial charge in [0.1, 0.15) is 10.6 Å². The Labute approximate surface area is 243 Å². The zero-order valence-corrected chi connectivity index (χ0v) is 24.8. The number of sulfonamides is 1. The van der Waals surface area contributed by atoms with Crippen LogP contribution in [0.5, 0.6) is 11.6 Å². The van der Waals surface area contributed by atoms with Crippen LogP contribution in [0.2, 0.25) is 10.0 Å². The van der Waals surface area contributed by atoms with Crippen molar-refractivity contribution in [3.63, 3.8) is 0 Å². The first-order valence-corrected chi connectivity index (χ1v) is 14.8. The molecule has 10 nitrogen and oxygen atoms in total. The van der Waals surface area contributed by atoms with Crippen molar-refractivity contribution < 1.29 is 13.2 Å². The van der Waals surface area contributed by atoms with E-state index in [0.717, 1.165) is 48.6 Å². The largest absolute Gasteiger partial charge is 0.439 e. The zero-order valence-electron chi connectivity index (χ0n) is 22.5. The van der Waals surface area contributed by atoms with E-state index in [-0.39, 0.29) is 16.7 Å². The van der Waals surface area contributed by atoms with Gasteiger partial charge in [0.05, 0.1) is 27.6 Å². The number of hydrogen-bond acceptors (Lipinski definition) is 8. The predicted octanol–water partition coefficient (Wildman–Crippen LogP) is 5.15. The van der Waals surface area contributed by atoms with Crippen LogP contribution in [0.25, 0.3) is 11.3 Å². The molecular formula is C27H29Cl2N7O3S. The van der Waals surface area contributed by atoms with Gasteiger partial charge in [-0.05, 0) is 32.0 Å². The molecule has 1 aliphatic heterocycles. The summed E-state index contributed by atoms with van der Waals surface area (Å²) in [7, 11) is -0.288. The van der Waals surface area contributed by atoms with E-state index in [2.05, 4.69) is 36.6 Å². The Hall–Kier alpha value is -3.38. The third kappa shape index (κ3) is 6.02. The maximum atomic E-state index is 13.0. The van der Waals surface area contributed by atoms with E-state index in [0.29, 0.717) is 21.5 Å². The highest BCUT2D eigenvalue weighted by atomic mass is 35.5. The quantitative estimate of drug-likeness (QED) is 0.310. The lowest BCUT2D eigenvalue weighted by Gasteiger charge is -2.35. The molecule has 1 N–H and O–H groups in total. The Morgan fingerprint density at radius 2 is 1.60 bits per heavy atom. The molecule has 40 heavy (non-hydrogen) atoms. The number of nitrogens with zero attached hydrogens (tertiary/aromatic N) is 6. The predicted molar refractivity (Wildman–Crippen MR) is 157 cm³/mol. The summed E-state index contributed by atoms with van der Waals surface area (Å²) in [6, 6.07) is 10.9.